The molecular weight excluding hydrogens is 512 g/mol. The van der Waals surface area contributed by atoms with Gasteiger partial charge in [0.25, 0.3) is 0 Å². The second kappa shape index (κ2) is 12.2. The molecule has 1 aliphatic heterocycles. The van der Waals surface area contributed by atoms with Crippen LogP contribution >= 0.6 is 11.8 Å². The maximum absolute atomic E-state index is 13.7. The van der Waals surface area contributed by atoms with E-state index in [1.54, 1.807) is 23.6 Å². The van der Waals surface area contributed by atoms with Crippen LogP contribution in [0.2, 0.25) is 0 Å². The fourth-order valence-electron chi connectivity index (χ4n) is 5.09. The van der Waals surface area contributed by atoms with Crippen LogP contribution in [0.15, 0.2) is 65.0 Å². The Morgan fingerprint density at radius 3 is 2.59 bits per heavy atom. The summed E-state index contributed by atoms with van der Waals surface area (Å²) >= 11 is 1.56. The second-order valence-corrected chi connectivity index (χ2v) is 11.2. The number of carbonyl (C=O) groups is 1. The van der Waals surface area contributed by atoms with Crippen molar-refractivity contribution in [1.29, 1.82) is 0 Å². The Kier molecular flexibility index (Phi) is 8.45. The number of aromatic nitrogens is 3. The van der Waals surface area contributed by atoms with Crippen molar-refractivity contribution in [2.45, 2.75) is 82.0 Å². The highest BCUT2D eigenvalue weighted by atomic mass is 32.2. The highest BCUT2D eigenvalue weighted by Gasteiger charge is 2.37. The quantitative estimate of drug-likeness (QED) is 0.239. The Balaban J connectivity index is 1.50. The zero-order valence-corrected chi connectivity index (χ0v) is 23.8. The molecule has 9 heteroatoms. The minimum atomic E-state index is -0.530. The Morgan fingerprint density at radius 1 is 1.10 bits per heavy atom. The van der Waals surface area contributed by atoms with E-state index in [1.165, 1.54) is 12.0 Å². The van der Waals surface area contributed by atoms with Gasteiger partial charge in [0, 0.05) is 11.4 Å². The maximum Gasteiger partial charge on any atom is 0.338 e. The van der Waals surface area contributed by atoms with Crippen molar-refractivity contribution in [3.63, 3.8) is 0 Å². The third-order valence-electron chi connectivity index (χ3n) is 6.96. The lowest BCUT2D eigenvalue weighted by Gasteiger charge is -2.30. The molecule has 3 aromatic rings. The normalized spacial score (nSPS) is 17.5. The average Bonchev–Trinajstić information content (AvgIpc) is 3.34. The van der Waals surface area contributed by atoms with Gasteiger partial charge in [0.05, 0.1) is 18.8 Å². The molecule has 1 unspecified atom stereocenters. The van der Waals surface area contributed by atoms with Crippen molar-refractivity contribution in [2.75, 3.05) is 12.4 Å². The molecule has 0 saturated heterocycles. The molecule has 1 saturated carbocycles. The molecule has 1 N–H and O–H groups in total. The molecule has 2 aliphatic rings. The van der Waals surface area contributed by atoms with Gasteiger partial charge in [-0.15, -0.1) is 5.10 Å². The lowest BCUT2D eigenvalue weighted by Crippen LogP contribution is -2.32. The van der Waals surface area contributed by atoms with E-state index in [0.29, 0.717) is 33.9 Å². The molecule has 1 aromatic heterocycles. The fourth-order valence-corrected chi connectivity index (χ4v) is 5.88. The molecule has 2 heterocycles. The molecule has 8 nitrogen and oxygen atoms in total. The molecule has 0 spiro atoms. The molecule has 206 valence electrons. The number of hydrogen-bond donors (Lipinski definition) is 1. The van der Waals surface area contributed by atoms with Crippen LogP contribution in [0.3, 0.4) is 0 Å². The highest BCUT2D eigenvalue weighted by molar-refractivity contribution is 7.98. The summed E-state index contributed by atoms with van der Waals surface area (Å²) < 4.78 is 19.5. The molecule has 1 atom stereocenters. The highest BCUT2D eigenvalue weighted by Crippen LogP contribution is 2.40. The minimum Gasteiger partial charge on any atom is -0.493 e. The van der Waals surface area contributed by atoms with Gasteiger partial charge in [0.2, 0.25) is 11.1 Å². The standard InChI is InChI=1S/C30H36N4O4S/c1-19(2)37-24-16-15-22(17-25(24)36-4)27-26(28(35)38-23-13-9-6-10-14-23)20(3)31-29-32-30(33-34(27)29)39-18-21-11-7-5-8-12-21/h5,7-8,11-12,15-17,19,23,27H,6,9-10,13-14,18H2,1-4H3,(H,31,32,33). The maximum atomic E-state index is 13.7. The van der Waals surface area contributed by atoms with Gasteiger partial charge in [-0.25, -0.2) is 9.48 Å². The van der Waals surface area contributed by atoms with Crippen molar-refractivity contribution in [3.05, 3.63) is 70.9 Å². The van der Waals surface area contributed by atoms with Gasteiger partial charge in [-0.05, 0) is 69.7 Å². The molecule has 1 aliphatic carbocycles. The Labute approximate surface area is 234 Å². The van der Waals surface area contributed by atoms with Crippen LogP contribution in [0.25, 0.3) is 0 Å². The summed E-state index contributed by atoms with van der Waals surface area (Å²) in [7, 11) is 1.62. The SMILES string of the molecule is COc1cc(C2C(C(=O)OC3CCCCC3)=C(C)Nc3nc(SCc4ccccc4)nn32)ccc1OC(C)C. The topological polar surface area (TPSA) is 87.5 Å². The van der Waals surface area contributed by atoms with Crippen LogP contribution in [0.1, 0.15) is 70.0 Å². The first-order valence-corrected chi connectivity index (χ1v) is 14.6. The van der Waals surface area contributed by atoms with E-state index >= 15 is 0 Å². The van der Waals surface area contributed by atoms with Crippen LogP contribution < -0.4 is 14.8 Å². The third-order valence-corrected chi connectivity index (χ3v) is 7.86. The van der Waals surface area contributed by atoms with Crippen LogP contribution in [-0.2, 0) is 15.3 Å². The van der Waals surface area contributed by atoms with E-state index in [0.717, 1.165) is 37.0 Å². The summed E-state index contributed by atoms with van der Waals surface area (Å²) in [5.74, 6) is 2.25. The first-order chi connectivity index (χ1) is 18.9. The van der Waals surface area contributed by atoms with Crippen LogP contribution in [0.4, 0.5) is 5.95 Å². The molecule has 39 heavy (non-hydrogen) atoms. The summed E-state index contributed by atoms with van der Waals surface area (Å²) in [5, 5.41) is 8.80. The summed E-state index contributed by atoms with van der Waals surface area (Å²) in [6, 6.07) is 15.5. The van der Waals surface area contributed by atoms with Crippen LogP contribution in [0.5, 0.6) is 11.5 Å². The van der Waals surface area contributed by atoms with E-state index < -0.39 is 6.04 Å². The van der Waals surface area contributed by atoms with Crippen LogP contribution in [0, 0.1) is 0 Å². The minimum absolute atomic E-state index is 0.00193. The zero-order chi connectivity index (χ0) is 27.4. The predicted octanol–water partition coefficient (Wildman–Crippen LogP) is 6.53. The van der Waals surface area contributed by atoms with Crippen LogP contribution in [-0.4, -0.2) is 40.1 Å². The van der Waals surface area contributed by atoms with Crippen molar-refractivity contribution in [2.24, 2.45) is 0 Å². The van der Waals surface area contributed by atoms with Crippen molar-refractivity contribution in [1.82, 2.24) is 14.8 Å². The number of rotatable bonds is 9. The van der Waals surface area contributed by atoms with E-state index in [4.69, 9.17) is 24.3 Å². The summed E-state index contributed by atoms with van der Waals surface area (Å²) in [6.07, 6.45) is 5.11. The van der Waals surface area contributed by atoms with Gasteiger partial charge in [0.15, 0.2) is 11.5 Å². The van der Waals surface area contributed by atoms with Gasteiger partial charge in [-0.2, -0.15) is 4.98 Å². The first-order valence-electron chi connectivity index (χ1n) is 13.6. The van der Waals surface area contributed by atoms with Gasteiger partial charge < -0.3 is 19.5 Å². The number of anilines is 1. The number of thioether (sulfide) groups is 1. The number of carbonyl (C=O) groups excluding carboxylic acids is 1. The zero-order valence-electron chi connectivity index (χ0n) is 23.0. The lowest BCUT2D eigenvalue weighted by atomic mass is 9.94. The lowest BCUT2D eigenvalue weighted by molar-refractivity contribution is -0.146. The largest absolute Gasteiger partial charge is 0.493 e. The number of nitrogens with zero attached hydrogens (tertiary/aromatic N) is 3. The Bertz CT molecular complexity index is 1330. The third kappa shape index (κ3) is 6.24. The van der Waals surface area contributed by atoms with Crippen molar-refractivity contribution in [3.8, 4) is 11.5 Å². The van der Waals surface area contributed by atoms with E-state index in [1.807, 2.05) is 57.2 Å². The molecule has 0 amide bonds. The van der Waals surface area contributed by atoms with Gasteiger partial charge in [-0.3, -0.25) is 0 Å². The van der Waals surface area contributed by atoms with Gasteiger partial charge in [0.1, 0.15) is 12.1 Å². The first kappa shape index (κ1) is 27.1. The number of ether oxygens (including phenoxy) is 3. The number of benzene rings is 2. The number of allylic oxidation sites excluding steroid dienone is 1. The summed E-state index contributed by atoms with van der Waals surface area (Å²) in [4.78, 5) is 18.5. The molecule has 1 fully saturated rings. The number of methoxy groups -OCH3 is 1. The van der Waals surface area contributed by atoms with E-state index in [2.05, 4.69) is 17.4 Å². The van der Waals surface area contributed by atoms with E-state index in [9.17, 15) is 4.79 Å². The summed E-state index contributed by atoms with van der Waals surface area (Å²) in [5.41, 5.74) is 3.26. The molecule has 5 rings (SSSR count). The Morgan fingerprint density at radius 2 is 1.87 bits per heavy atom. The Hall–Kier alpha value is -3.46. The number of esters is 1. The fraction of sp³-hybridized carbons (Fsp3) is 0.433. The van der Waals surface area contributed by atoms with E-state index in [-0.39, 0.29) is 18.2 Å². The molecular formula is C30H36N4O4S. The van der Waals surface area contributed by atoms with Crippen molar-refractivity contribution >= 4 is 23.7 Å². The van der Waals surface area contributed by atoms with Gasteiger partial charge in [-0.1, -0.05) is 54.6 Å². The van der Waals surface area contributed by atoms with Crippen molar-refractivity contribution < 1.29 is 19.0 Å². The number of hydrogen-bond acceptors (Lipinski definition) is 8. The smallest absolute Gasteiger partial charge is 0.338 e. The number of nitrogens with one attached hydrogen (secondary N) is 1. The number of fused-ring (bicyclic) bond motifs is 1. The predicted molar refractivity (Wildman–Crippen MR) is 152 cm³/mol. The van der Waals surface area contributed by atoms with Gasteiger partial charge >= 0.3 is 5.97 Å². The second-order valence-electron chi connectivity index (χ2n) is 10.2. The molecule has 0 bridgehead atoms. The molecule has 0 radical (unpaired) electrons. The summed E-state index contributed by atoms with van der Waals surface area (Å²) in [6.45, 7) is 5.84. The average molecular weight is 549 g/mol. The molecule has 2 aromatic carbocycles. The monoisotopic (exact) mass is 548 g/mol.